The molecule has 0 amide bonds. The maximum absolute atomic E-state index is 13.0. The number of hydrogen-bond acceptors (Lipinski definition) is 1. The standard InChI is InChI=1S/C24H48O/c1-6-11-12-13-14-15-16-17-18-19-20-21-22(7-2)23(25)24(8-3,9-4)10-5/h22H,6-21H2,1-5H3. The molecule has 0 saturated heterocycles. The number of carbonyl (C=O) groups excluding carboxylic acids is 1. The number of carbonyl (C=O) groups is 1. The van der Waals surface area contributed by atoms with Crippen LogP contribution in [0.25, 0.3) is 0 Å². The van der Waals surface area contributed by atoms with Gasteiger partial charge >= 0.3 is 0 Å². The first kappa shape index (κ1) is 24.7. The summed E-state index contributed by atoms with van der Waals surface area (Å²) in [6, 6.07) is 0. The zero-order valence-corrected chi connectivity index (χ0v) is 18.3. The normalized spacial score (nSPS) is 13.2. The first-order chi connectivity index (χ1) is 12.1. The highest BCUT2D eigenvalue weighted by atomic mass is 16.1. The Morgan fingerprint density at radius 1 is 0.640 bits per heavy atom. The predicted molar refractivity (Wildman–Crippen MR) is 113 cm³/mol. The molecule has 0 radical (unpaired) electrons. The molecule has 0 fully saturated rings. The minimum atomic E-state index is -0.0432. The third-order valence-corrected chi connectivity index (χ3v) is 6.57. The lowest BCUT2D eigenvalue weighted by atomic mass is 9.70. The fourth-order valence-corrected chi connectivity index (χ4v) is 4.28. The van der Waals surface area contributed by atoms with Gasteiger partial charge in [0, 0.05) is 11.3 Å². The van der Waals surface area contributed by atoms with Crippen LogP contribution in [0.4, 0.5) is 0 Å². The van der Waals surface area contributed by atoms with Crippen molar-refractivity contribution < 1.29 is 4.79 Å². The van der Waals surface area contributed by atoms with Crippen molar-refractivity contribution in [3.8, 4) is 0 Å². The highest BCUT2D eigenvalue weighted by Crippen LogP contribution is 2.36. The Hall–Kier alpha value is -0.330. The molecule has 0 bridgehead atoms. The van der Waals surface area contributed by atoms with Crippen LogP contribution in [-0.2, 0) is 4.79 Å². The molecular formula is C24H48O. The van der Waals surface area contributed by atoms with Gasteiger partial charge in [0.25, 0.3) is 0 Å². The summed E-state index contributed by atoms with van der Waals surface area (Å²) in [5.41, 5.74) is -0.0432. The van der Waals surface area contributed by atoms with Crippen molar-refractivity contribution in [3.05, 3.63) is 0 Å². The van der Waals surface area contributed by atoms with Gasteiger partial charge in [-0.2, -0.15) is 0 Å². The van der Waals surface area contributed by atoms with Crippen molar-refractivity contribution in [2.45, 2.75) is 137 Å². The number of hydrogen-bond donors (Lipinski definition) is 0. The molecule has 0 aliphatic carbocycles. The third kappa shape index (κ3) is 9.80. The van der Waals surface area contributed by atoms with E-state index in [0.29, 0.717) is 11.7 Å². The van der Waals surface area contributed by atoms with Gasteiger partial charge in [0.05, 0.1) is 0 Å². The lowest BCUT2D eigenvalue weighted by Crippen LogP contribution is -2.34. The Morgan fingerprint density at radius 3 is 1.40 bits per heavy atom. The summed E-state index contributed by atoms with van der Waals surface area (Å²) in [4.78, 5) is 13.0. The Labute approximate surface area is 159 Å². The van der Waals surface area contributed by atoms with E-state index in [4.69, 9.17) is 0 Å². The summed E-state index contributed by atoms with van der Waals surface area (Å²) in [7, 11) is 0. The molecule has 0 aliphatic heterocycles. The molecule has 1 nitrogen and oxygen atoms in total. The molecule has 1 heteroatoms. The van der Waals surface area contributed by atoms with Crippen LogP contribution in [0.5, 0.6) is 0 Å². The maximum Gasteiger partial charge on any atom is 0.142 e. The van der Waals surface area contributed by atoms with E-state index in [-0.39, 0.29) is 5.41 Å². The zero-order chi connectivity index (χ0) is 19.0. The molecule has 0 saturated carbocycles. The van der Waals surface area contributed by atoms with Crippen LogP contribution in [-0.4, -0.2) is 5.78 Å². The summed E-state index contributed by atoms with van der Waals surface area (Å²) in [6.07, 6.45) is 20.4. The smallest absolute Gasteiger partial charge is 0.142 e. The van der Waals surface area contributed by atoms with E-state index < -0.39 is 0 Å². The van der Waals surface area contributed by atoms with E-state index >= 15 is 0 Å². The lowest BCUT2D eigenvalue weighted by molar-refractivity contribution is -0.134. The number of Topliss-reactive ketones (excluding diaryl/α,β-unsaturated/α-hetero) is 1. The molecule has 1 atom stereocenters. The van der Waals surface area contributed by atoms with Gasteiger partial charge < -0.3 is 0 Å². The minimum Gasteiger partial charge on any atom is -0.299 e. The zero-order valence-electron chi connectivity index (χ0n) is 18.3. The molecule has 0 aromatic heterocycles. The molecular weight excluding hydrogens is 304 g/mol. The fourth-order valence-electron chi connectivity index (χ4n) is 4.28. The van der Waals surface area contributed by atoms with Crippen LogP contribution in [0.1, 0.15) is 137 Å². The van der Waals surface area contributed by atoms with Crippen molar-refractivity contribution in [2.75, 3.05) is 0 Å². The van der Waals surface area contributed by atoms with Gasteiger partial charge in [-0.05, 0) is 32.1 Å². The van der Waals surface area contributed by atoms with Crippen LogP contribution >= 0.6 is 0 Å². The lowest BCUT2D eigenvalue weighted by Gasteiger charge is -2.32. The van der Waals surface area contributed by atoms with Crippen molar-refractivity contribution in [1.82, 2.24) is 0 Å². The fraction of sp³-hybridized carbons (Fsp3) is 0.958. The van der Waals surface area contributed by atoms with Gasteiger partial charge in [0.15, 0.2) is 0 Å². The topological polar surface area (TPSA) is 17.1 Å². The SMILES string of the molecule is CCCCCCCCCCCCCC(CC)C(=O)C(CC)(CC)CC. The summed E-state index contributed by atoms with van der Waals surface area (Å²) >= 11 is 0. The second-order valence-corrected chi connectivity index (χ2v) is 8.13. The quantitative estimate of drug-likeness (QED) is 0.226. The average molecular weight is 353 g/mol. The molecule has 0 aliphatic rings. The third-order valence-electron chi connectivity index (χ3n) is 6.57. The Morgan fingerprint density at radius 2 is 1.04 bits per heavy atom. The van der Waals surface area contributed by atoms with E-state index in [1.807, 2.05) is 0 Å². The van der Waals surface area contributed by atoms with Gasteiger partial charge in [-0.3, -0.25) is 4.79 Å². The van der Waals surface area contributed by atoms with E-state index in [0.717, 1.165) is 32.1 Å². The van der Waals surface area contributed by atoms with Crippen molar-refractivity contribution in [1.29, 1.82) is 0 Å². The van der Waals surface area contributed by atoms with Crippen LogP contribution in [0, 0.1) is 11.3 Å². The molecule has 0 rings (SSSR count). The molecule has 0 spiro atoms. The van der Waals surface area contributed by atoms with Gasteiger partial charge in [-0.1, -0.05) is 105 Å². The van der Waals surface area contributed by atoms with E-state index in [1.54, 1.807) is 0 Å². The van der Waals surface area contributed by atoms with Gasteiger partial charge in [-0.25, -0.2) is 0 Å². The molecule has 25 heavy (non-hydrogen) atoms. The van der Waals surface area contributed by atoms with E-state index in [9.17, 15) is 4.79 Å². The monoisotopic (exact) mass is 352 g/mol. The Kier molecular flexibility index (Phi) is 15.7. The molecule has 0 N–H and O–H groups in total. The molecule has 1 unspecified atom stereocenters. The van der Waals surface area contributed by atoms with Crippen molar-refractivity contribution in [2.24, 2.45) is 11.3 Å². The van der Waals surface area contributed by atoms with E-state index in [2.05, 4.69) is 34.6 Å². The highest BCUT2D eigenvalue weighted by molar-refractivity contribution is 5.86. The second-order valence-electron chi connectivity index (χ2n) is 8.13. The molecule has 0 heterocycles. The molecule has 0 aromatic carbocycles. The number of rotatable bonds is 18. The number of ketones is 1. The highest BCUT2D eigenvalue weighted by Gasteiger charge is 2.36. The Balaban J connectivity index is 3.85. The van der Waals surface area contributed by atoms with E-state index in [1.165, 1.54) is 70.6 Å². The average Bonchev–Trinajstić information content (AvgIpc) is 2.64. The van der Waals surface area contributed by atoms with Gasteiger partial charge in [0.1, 0.15) is 5.78 Å². The molecule has 150 valence electrons. The number of unbranched alkanes of at least 4 members (excludes halogenated alkanes) is 10. The second kappa shape index (κ2) is 15.9. The Bertz CT molecular complexity index is 295. The predicted octanol–water partition coefficient (Wildman–Crippen LogP) is 8.50. The van der Waals surface area contributed by atoms with Crippen molar-refractivity contribution in [3.63, 3.8) is 0 Å². The first-order valence-electron chi connectivity index (χ1n) is 11.7. The summed E-state index contributed by atoms with van der Waals surface area (Å²) in [6.45, 7) is 11.1. The van der Waals surface area contributed by atoms with Crippen LogP contribution in [0.2, 0.25) is 0 Å². The van der Waals surface area contributed by atoms with Crippen LogP contribution < -0.4 is 0 Å². The summed E-state index contributed by atoms with van der Waals surface area (Å²) in [5, 5.41) is 0. The van der Waals surface area contributed by atoms with Crippen molar-refractivity contribution >= 4 is 5.78 Å². The largest absolute Gasteiger partial charge is 0.299 e. The van der Waals surface area contributed by atoms with Gasteiger partial charge in [0.2, 0.25) is 0 Å². The molecule has 0 aromatic rings. The van der Waals surface area contributed by atoms with Gasteiger partial charge in [-0.15, -0.1) is 0 Å². The minimum absolute atomic E-state index is 0.0432. The van der Waals surface area contributed by atoms with Crippen LogP contribution in [0.15, 0.2) is 0 Å². The first-order valence-corrected chi connectivity index (χ1v) is 11.7. The maximum atomic E-state index is 13.0. The summed E-state index contributed by atoms with van der Waals surface area (Å²) in [5.74, 6) is 0.869. The van der Waals surface area contributed by atoms with Crippen LogP contribution in [0.3, 0.4) is 0 Å². The summed E-state index contributed by atoms with van der Waals surface area (Å²) < 4.78 is 0.